The molecule has 0 radical (unpaired) electrons. The number of hydrogen-bond donors (Lipinski definition) is 1. The van der Waals surface area contributed by atoms with E-state index < -0.39 is 0 Å². The van der Waals surface area contributed by atoms with Gasteiger partial charge in [-0.1, -0.05) is 12.1 Å². The maximum absolute atomic E-state index is 12.3. The van der Waals surface area contributed by atoms with E-state index in [0.29, 0.717) is 16.6 Å². The fourth-order valence-corrected chi connectivity index (χ4v) is 3.51. The van der Waals surface area contributed by atoms with Crippen LogP contribution in [0.2, 0.25) is 0 Å². The van der Waals surface area contributed by atoms with Crippen molar-refractivity contribution in [3.63, 3.8) is 0 Å². The van der Waals surface area contributed by atoms with Gasteiger partial charge in [0.1, 0.15) is 5.75 Å². The van der Waals surface area contributed by atoms with Gasteiger partial charge in [0.25, 0.3) is 5.91 Å². The molecule has 4 rings (SSSR count). The minimum absolute atomic E-state index is 0.0143. The first kappa shape index (κ1) is 17.2. The van der Waals surface area contributed by atoms with Crippen molar-refractivity contribution in [1.82, 2.24) is 9.97 Å². The van der Waals surface area contributed by atoms with Crippen LogP contribution in [0.3, 0.4) is 0 Å². The second-order valence-corrected chi connectivity index (χ2v) is 6.74. The summed E-state index contributed by atoms with van der Waals surface area (Å²) in [4.78, 5) is 34.5. The largest absolute Gasteiger partial charge is 0.482 e. The van der Waals surface area contributed by atoms with Crippen molar-refractivity contribution < 1.29 is 14.3 Å². The van der Waals surface area contributed by atoms with E-state index in [1.165, 1.54) is 11.3 Å². The molecule has 0 atom stereocenters. The molecule has 136 valence electrons. The van der Waals surface area contributed by atoms with E-state index >= 15 is 0 Å². The van der Waals surface area contributed by atoms with Crippen LogP contribution in [0.4, 0.5) is 10.8 Å². The number of thiazole rings is 1. The molecule has 1 aliphatic heterocycles. The Morgan fingerprint density at radius 3 is 3.00 bits per heavy atom. The molecule has 0 fully saturated rings. The van der Waals surface area contributed by atoms with Crippen LogP contribution >= 0.6 is 11.3 Å². The molecule has 8 heteroatoms. The van der Waals surface area contributed by atoms with Crippen LogP contribution in [0.25, 0.3) is 11.3 Å². The molecule has 27 heavy (non-hydrogen) atoms. The lowest BCUT2D eigenvalue weighted by Gasteiger charge is -2.29. The molecule has 7 nitrogen and oxygen atoms in total. The molecular formula is C19H16N4O3S. The maximum atomic E-state index is 12.3. The molecule has 0 bridgehead atoms. The van der Waals surface area contributed by atoms with Crippen molar-refractivity contribution in [2.45, 2.75) is 6.42 Å². The minimum atomic E-state index is -0.196. The van der Waals surface area contributed by atoms with Crippen LogP contribution in [0, 0.1) is 0 Å². The van der Waals surface area contributed by atoms with E-state index in [-0.39, 0.29) is 31.4 Å². The summed E-state index contributed by atoms with van der Waals surface area (Å²) in [5.74, 6) is 0.298. The van der Waals surface area contributed by atoms with Gasteiger partial charge in [0.2, 0.25) is 5.91 Å². The SMILES string of the molecule is O=C(CCN1C(=O)COc2ccccc21)Nc1nc(-c2cccnc2)cs1. The first-order chi connectivity index (χ1) is 13.2. The molecule has 1 aromatic carbocycles. The Kier molecular flexibility index (Phi) is 4.80. The van der Waals surface area contributed by atoms with Gasteiger partial charge in [0.15, 0.2) is 11.7 Å². The molecular weight excluding hydrogens is 364 g/mol. The van der Waals surface area contributed by atoms with Gasteiger partial charge in [-0.25, -0.2) is 4.98 Å². The molecule has 0 saturated heterocycles. The van der Waals surface area contributed by atoms with Crippen molar-refractivity contribution in [3.8, 4) is 17.0 Å². The summed E-state index contributed by atoms with van der Waals surface area (Å²) in [6, 6.07) is 11.1. The van der Waals surface area contributed by atoms with E-state index in [4.69, 9.17) is 4.74 Å². The Hall–Kier alpha value is -3.26. The monoisotopic (exact) mass is 380 g/mol. The number of rotatable bonds is 5. The highest BCUT2D eigenvalue weighted by Gasteiger charge is 2.25. The summed E-state index contributed by atoms with van der Waals surface area (Å²) in [6.07, 6.45) is 3.59. The average Bonchev–Trinajstić information content (AvgIpc) is 3.16. The highest BCUT2D eigenvalue weighted by Crippen LogP contribution is 2.31. The summed E-state index contributed by atoms with van der Waals surface area (Å²) in [6.45, 7) is 0.269. The van der Waals surface area contributed by atoms with E-state index in [2.05, 4.69) is 15.3 Å². The van der Waals surface area contributed by atoms with Crippen molar-refractivity contribution in [2.24, 2.45) is 0 Å². The van der Waals surface area contributed by atoms with E-state index in [1.807, 2.05) is 41.8 Å². The second-order valence-electron chi connectivity index (χ2n) is 5.88. The van der Waals surface area contributed by atoms with Gasteiger partial charge in [0, 0.05) is 36.3 Å². The van der Waals surface area contributed by atoms with Crippen molar-refractivity contribution in [2.75, 3.05) is 23.4 Å². The highest BCUT2D eigenvalue weighted by molar-refractivity contribution is 7.14. The number of fused-ring (bicyclic) bond motifs is 1. The molecule has 2 amide bonds. The predicted molar refractivity (Wildman–Crippen MR) is 103 cm³/mol. The van der Waals surface area contributed by atoms with Crippen LogP contribution in [0.5, 0.6) is 5.75 Å². The third-order valence-electron chi connectivity index (χ3n) is 4.08. The molecule has 3 heterocycles. The van der Waals surface area contributed by atoms with Gasteiger partial charge in [-0.2, -0.15) is 0 Å². The van der Waals surface area contributed by atoms with Gasteiger partial charge < -0.3 is 15.0 Å². The molecule has 0 spiro atoms. The van der Waals surface area contributed by atoms with E-state index in [0.717, 1.165) is 11.3 Å². The van der Waals surface area contributed by atoms with Crippen LogP contribution < -0.4 is 15.0 Å². The Morgan fingerprint density at radius 2 is 2.15 bits per heavy atom. The Morgan fingerprint density at radius 1 is 1.26 bits per heavy atom. The third kappa shape index (κ3) is 3.80. The third-order valence-corrected chi connectivity index (χ3v) is 4.84. The lowest BCUT2D eigenvalue weighted by atomic mass is 10.2. The summed E-state index contributed by atoms with van der Waals surface area (Å²) in [7, 11) is 0. The predicted octanol–water partition coefficient (Wildman–Crippen LogP) is 2.96. The van der Waals surface area contributed by atoms with Gasteiger partial charge in [-0.05, 0) is 24.3 Å². The first-order valence-corrected chi connectivity index (χ1v) is 9.26. The fraction of sp³-hybridized carbons (Fsp3) is 0.158. The summed E-state index contributed by atoms with van der Waals surface area (Å²) in [5.41, 5.74) is 2.35. The Balaban J connectivity index is 1.38. The minimum Gasteiger partial charge on any atom is -0.482 e. The number of carbonyl (C=O) groups excluding carboxylic acids is 2. The number of aromatic nitrogens is 2. The summed E-state index contributed by atoms with van der Waals surface area (Å²) >= 11 is 1.35. The first-order valence-electron chi connectivity index (χ1n) is 8.39. The number of hydrogen-bond acceptors (Lipinski definition) is 6. The molecule has 0 saturated carbocycles. The Labute approximate surface area is 159 Å². The average molecular weight is 380 g/mol. The number of anilines is 2. The number of nitrogens with zero attached hydrogens (tertiary/aromatic N) is 3. The second kappa shape index (κ2) is 7.55. The van der Waals surface area contributed by atoms with Crippen molar-refractivity contribution in [1.29, 1.82) is 0 Å². The van der Waals surface area contributed by atoms with E-state index in [9.17, 15) is 9.59 Å². The van der Waals surface area contributed by atoms with Gasteiger partial charge in [-0.3, -0.25) is 14.6 Å². The molecule has 1 aliphatic rings. The molecule has 0 unspecified atom stereocenters. The number of para-hydroxylation sites is 2. The summed E-state index contributed by atoms with van der Waals surface area (Å²) in [5, 5.41) is 5.18. The number of carbonyl (C=O) groups is 2. The zero-order chi connectivity index (χ0) is 18.6. The zero-order valence-electron chi connectivity index (χ0n) is 14.3. The molecule has 1 N–H and O–H groups in total. The molecule has 0 aliphatic carbocycles. The lowest BCUT2D eigenvalue weighted by molar-refractivity contribution is -0.121. The number of benzene rings is 1. The quantitative estimate of drug-likeness (QED) is 0.736. The number of ether oxygens (including phenoxy) is 1. The lowest BCUT2D eigenvalue weighted by Crippen LogP contribution is -2.40. The van der Waals surface area contributed by atoms with E-state index in [1.54, 1.807) is 17.3 Å². The van der Waals surface area contributed by atoms with Crippen LogP contribution in [-0.2, 0) is 9.59 Å². The highest BCUT2D eigenvalue weighted by atomic mass is 32.1. The van der Waals surface area contributed by atoms with Crippen molar-refractivity contribution >= 4 is 34.0 Å². The van der Waals surface area contributed by atoms with Gasteiger partial charge in [-0.15, -0.1) is 11.3 Å². The smallest absolute Gasteiger partial charge is 0.265 e. The van der Waals surface area contributed by atoms with Crippen LogP contribution in [0.1, 0.15) is 6.42 Å². The van der Waals surface area contributed by atoms with Gasteiger partial charge in [0.05, 0.1) is 11.4 Å². The summed E-state index contributed by atoms with van der Waals surface area (Å²) < 4.78 is 5.41. The normalized spacial score (nSPS) is 13.0. The van der Waals surface area contributed by atoms with Crippen LogP contribution in [-0.4, -0.2) is 34.9 Å². The molecule has 3 aromatic rings. The molecule has 2 aromatic heterocycles. The fourth-order valence-electron chi connectivity index (χ4n) is 2.77. The number of nitrogens with one attached hydrogen (secondary N) is 1. The number of pyridine rings is 1. The number of amides is 2. The topological polar surface area (TPSA) is 84.4 Å². The van der Waals surface area contributed by atoms with Crippen molar-refractivity contribution in [3.05, 3.63) is 54.2 Å². The maximum Gasteiger partial charge on any atom is 0.265 e. The van der Waals surface area contributed by atoms with Gasteiger partial charge >= 0.3 is 0 Å². The zero-order valence-corrected chi connectivity index (χ0v) is 15.1. The Bertz CT molecular complexity index is 974. The standard InChI is InChI=1S/C19H16N4O3S/c24-17(22-19-21-14(12-27-19)13-4-3-8-20-10-13)7-9-23-15-5-1-2-6-16(15)26-11-18(23)25/h1-6,8,10,12H,7,9,11H2,(H,21,22,24). The van der Waals surface area contributed by atoms with Crippen LogP contribution in [0.15, 0.2) is 54.2 Å².